The Morgan fingerprint density at radius 1 is 1.03 bits per heavy atom. The van der Waals surface area contributed by atoms with Gasteiger partial charge in [0, 0.05) is 4.47 Å². The molecule has 0 aromatic heterocycles. The molecule has 3 aromatic rings. The van der Waals surface area contributed by atoms with Crippen LogP contribution in [0.25, 0.3) is 6.08 Å². The van der Waals surface area contributed by atoms with Crippen LogP contribution in [0.15, 0.2) is 76.1 Å². The lowest BCUT2D eigenvalue weighted by atomic mass is 10.1. The van der Waals surface area contributed by atoms with Crippen LogP contribution in [0.1, 0.15) is 23.6 Å². The third-order valence-corrected chi connectivity index (χ3v) is 6.98. The van der Waals surface area contributed by atoms with E-state index in [1.807, 2.05) is 61.5 Å². The lowest BCUT2D eigenvalue weighted by molar-refractivity contribution is -0.123. The molecule has 1 heterocycles. The molecular weight excluding hydrogens is 538 g/mol. The summed E-state index contributed by atoms with van der Waals surface area (Å²) in [6.45, 7) is 2.83. The number of nitrogens with zero attached hydrogens (tertiary/aromatic N) is 1. The molecule has 0 saturated carbocycles. The maximum absolute atomic E-state index is 13.0. The minimum Gasteiger partial charge on any atom is -0.490 e. The molecule has 0 bridgehead atoms. The summed E-state index contributed by atoms with van der Waals surface area (Å²) < 4.78 is 12.6. The third kappa shape index (κ3) is 5.66. The van der Waals surface area contributed by atoms with Gasteiger partial charge in [-0.3, -0.25) is 14.5 Å². The van der Waals surface area contributed by atoms with Crippen molar-refractivity contribution in [2.75, 3.05) is 6.61 Å². The smallest absolute Gasteiger partial charge is 0.293 e. The average molecular weight is 559 g/mol. The van der Waals surface area contributed by atoms with Crippen LogP contribution in [-0.2, 0) is 17.9 Å². The highest BCUT2D eigenvalue weighted by Crippen LogP contribution is 2.40. The van der Waals surface area contributed by atoms with E-state index < -0.39 is 0 Å². The molecule has 0 spiro atoms. The van der Waals surface area contributed by atoms with Gasteiger partial charge >= 0.3 is 0 Å². The predicted octanol–water partition coefficient (Wildman–Crippen LogP) is 7.32. The van der Waals surface area contributed by atoms with Gasteiger partial charge in [0.05, 0.1) is 23.1 Å². The highest BCUT2D eigenvalue weighted by molar-refractivity contribution is 9.10. The summed E-state index contributed by atoms with van der Waals surface area (Å²) in [6.07, 6.45) is 1.65. The first-order valence-electron chi connectivity index (χ1n) is 10.6. The van der Waals surface area contributed by atoms with Crippen LogP contribution < -0.4 is 9.47 Å². The van der Waals surface area contributed by atoms with Gasteiger partial charge in [-0.25, -0.2) is 0 Å². The summed E-state index contributed by atoms with van der Waals surface area (Å²) >= 11 is 10.9. The minimum absolute atomic E-state index is 0.195. The van der Waals surface area contributed by atoms with Crippen molar-refractivity contribution in [3.63, 3.8) is 0 Å². The first-order chi connectivity index (χ1) is 16.5. The molecule has 0 aliphatic carbocycles. The third-order valence-electron chi connectivity index (χ3n) is 5.02. The Morgan fingerprint density at radius 2 is 1.76 bits per heavy atom. The molecule has 1 saturated heterocycles. The lowest BCUT2D eigenvalue weighted by Crippen LogP contribution is -2.27. The fraction of sp³-hybridized carbons (Fsp3) is 0.154. The highest BCUT2D eigenvalue weighted by Gasteiger charge is 2.35. The van der Waals surface area contributed by atoms with Crippen LogP contribution in [0, 0.1) is 0 Å². The number of benzene rings is 3. The van der Waals surface area contributed by atoms with E-state index in [0.717, 1.165) is 27.4 Å². The number of hydrogen-bond donors (Lipinski definition) is 0. The van der Waals surface area contributed by atoms with Gasteiger partial charge in [0.15, 0.2) is 11.5 Å². The highest BCUT2D eigenvalue weighted by atomic mass is 79.9. The molecule has 0 N–H and O–H groups in total. The number of carbonyl (C=O) groups is 2. The normalized spacial score (nSPS) is 14.7. The van der Waals surface area contributed by atoms with E-state index in [1.54, 1.807) is 18.2 Å². The molecule has 1 aliphatic heterocycles. The molecule has 3 aromatic carbocycles. The number of imide groups is 1. The molecule has 5 nitrogen and oxygen atoms in total. The number of hydrogen-bond acceptors (Lipinski definition) is 5. The molecule has 174 valence electrons. The molecule has 34 heavy (non-hydrogen) atoms. The van der Waals surface area contributed by atoms with Crippen molar-refractivity contribution < 1.29 is 19.1 Å². The van der Waals surface area contributed by atoms with Crippen LogP contribution in [0.3, 0.4) is 0 Å². The van der Waals surface area contributed by atoms with Crippen molar-refractivity contribution in [3.8, 4) is 11.5 Å². The quantitative estimate of drug-likeness (QED) is 0.271. The summed E-state index contributed by atoms with van der Waals surface area (Å²) in [7, 11) is 0. The van der Waals surface area contributed by atoms with Crippen molar-refractivity contribution >= 4 is 56.5 Å². The SMILES string of the molecule is CCOc1cc(/C=C2\SC(=O)N(Cc3ccccc3Br)C2=O)cc(Cl)c1OCc1ccccc1. The van der Waals surface area contributed by atoms with Crippen molar-refractivity contribution in [1.82, 2.24) is 4.90 Å². The maximum atomic E-state index is 13.0. The van der Waals surface area contributed by atoms with Gasteiger partial charge < -0.3 is 9.47 Å². The van der Waals surface area contributed by atoms with E-state index in [-0.39, 0.29) is 17.7 Å². The molecule has 0 radical (unpaired) electrons. The molecule has 2 amide bonds. The number of ether oxygens (including phenoxy) is 2. The molecule has 0 unspecified atom stereocenters. The largest absolute Gasteiger partial charge is 0.490 e. The molecule has 1 aliphatic rings. The van der Waals surface area contributed by atoms with Gasteiger partial charge in [-0.15, -0.1) is 0 Å². The summed E-state index contributed by atoms with van der Waals surface area (Å²) in [4.78, 5) is 27.1. The van der Waals surface area contributed by atoms with Gasteiger partial charge in [0.25, 0.3) is 11.1 Å². The second-order valence-corrected chi connectivity index (χ2v) is 9.65. The molecule has 0 atom stereocenters. The summed E-state index contributed by atoms with van der Waals surface area (Å²) in [5.41, 5.74) is 2.50. The van der Waals surface area contributed by atoms with Gasteiger partial charge in [-0.05, 0) is 59.7 Å². The topological polar surface area (TPSA) is 55.8 Å². The standard InChI is InChI=1S/C26H21BrClNO4S/c1-2-32-22-13-18(12-21(28)24(22)33-16-17-8-4-3-5-9-17)14-23-25(30)29(26(31)34-23)15-19-10-6-7-11-20(19)27/h3-14H,2,15-16H2,1H3/b23-14-. The van der Waals surface area contributed by atoms with E-state index in [2.05, 4.69) is 15.9 Å². The maximum Gasteiger partial charge on any atom is 0.293 e. The minimum atomic E-state index is -0.343. The molecule has 4 rings (SSSR count). The lowest BCUT2D eigenvalue weighted by Gasteiger charge is -2.15. The van der Waals surface area contributed by atoms with Crippen molar-refractivity contribution in [3.05, 3.63) is 97.8 Å². The van der Waals surface area contributed by atoms with Crippen LogP contribution in [-0.4, -0.2) is 22.7 Å². The van der Waals surface area contributed by atoms with Gasteiger partial charge in [-0.1, -0.05) is 76.1 Å². The van der Waals surface area contributed by atoms with E-state index in [4.69, 9.17) is 21.1 Å². The Hall–Kier alpha value is -2.74. The Bertz CT molecular complexity index is 1250. The Morgan fingerprint density at radius 3 is 2.50 bits per heavy atom. The van der Waals surface area contributed by atoms with Crippen molar-refractivity contribution in [1.29, 1.82) is 0 Å². The van der Waals surface area contributed by atoms with Gasteiger partial charge in [-0.2, -0.15) is 0 Å². The Labute approximate surface area is 215 Å². The van der Waals surface area contributed by atoms with Crippen LogP contribution in [0.2, 0.25) is 5.02 Å². The fourth-order valence-electron chi connectivity index (χ4n) is 3.39. The summed E-state index contributed by atoms with van der Waals surface area (Å²) in [5.74, 6) is 0.570. The molecule has 8 heteroatoms. The van der Waals surface area contributed by atoms with Crippen molar-refractivity contribution in [2.45, 2.75) is 20.1 Å². The van der Waals surface area contributed by atoms with Crippen LogP contribution >= 0.6 is 39.3 Å². The van der Waals surface area contributed by atoms with E-state index >= 15 is 0 Å². The van der Waals surface area contributed by atoms with E-state index in [9.17, 15) is 9.59 Å². The summed E-state index contributed by atoms with van der Waals surface area (Å²) in [6, 6.07) is 20.7. The van der Waals surface area contributed by atoms with E-state index in [1.165, 1.54) is 4.90 Å². The second-order valence-electron chi connectivity index (χ2n) is 7.40. The zero-order chi connectivity index (χ0) is 24.1. The summed E-state index contributed by atoms with van der Waals surface area (Å²) in [5, 5.41) is 0.0477. The zero-order valence-electron chi connectivity index (χ0n) is 18.3. The first kappa shape index (κ1) is 24.4. The second kappa shape index (κ2) is 11.1. The van der Waals surface area contributed by atoms with Crippen LogP contribution in [0.5, 0.6) is 11.5 Å². The Kier molecular flexibility index (Phi) is 7.98. The van der Waals surface area contributed by atoms with E-state index in [0.29, 0.717) is 40.2 Å². The van der Waals surface area contributed by atoms with Gasteiger partial charge in [0.1, 0.15) is 6.61 Å². The Balaban J connectivity index is 1.56. The number of carbonyl (C=O) groups excluding carboxylic acids is 2. The number of amides is 2. The van der Waals surface area contributed by atoms with Crippen molar-refractivity contribution in [2.24, 2.45) is 0 Å². The first-order valence-corrected chi connectivity index (χ1v) is 12.6. The average Bonchev–Trinajstić information content (AvgIpc) is 3.08. The molecule has 1 fully saturated rings. The fourth-order valence-corrected chi connectivity index (χ4v) is 4.91. The van der Waals surface area contributed by atoms with Gasteiger partial charge in [0.2, 0.25) is 0 Å². The monoisotopic (exact) mass is 557 g/mol. The number of thioether (sulfide) groups is 1. The predicted molar refractivity (Wildman–Crippen MR) is 139 cm³/mol. The number of rotatable bonds is 8. The zero-order valence-corrected chi connectivity index (χ0v) is 21.5. The number of halogens is 2. The van der Waals surface area contributed by atoms with Crippen LogP contribution in [0.4, 0.5) is 4.79 Å². The molecular formula is C26H21BrClNO4S.